The predicted molar refractivity (Wildman–Crippen MR) is 149 cm³/mol. The third-order valence-corrected chi connectivity index (χ3v) is 7.17. The molecule has 1 aliphatic carbocycles. The molecule has 14 nitrogen and oxygen atoms in total. The van der Waals surface area contributed by atoms with Crippen molar-refractivity contribution >= 4 is 17.2 Å². The number of hydrogen-bond acceptors (Lipinski definition) is 10. The lowest BCUT2D eigenvalue weighted by molar-refractivity contribution is -0.0495. The van der Waals surface area contributed by atoms with Crippen LogP contribution in [0.25, 0.3) is 16.9 Å². The molecular formula is C27H28F3N11O3. The van der Waals surface area contributed by atoms with Crippen molar-refractivity contribution in [1.82, 2.24) is 49.5 Å². The van der Waals surface area contributed by atoms with Crippen LogP contribution in [0.15, 0.2) is 49.1 Å². The third-order valence-electron chi connectivity index (χ3n) is 7.17. The Morgan fingerprint density at radius 3 is 2.75 bits per heavy atom. The number of rotatable bonds is 11. The standard InChI is InChI=1S/C27H28F3N11O3/c1-15(28)43-18-5-6-22(44-27(29)30)19(11-18)24-21(33-26(42)20-12-32-40-8-4-7-31-25(20)40)13-39(36-24)14-23-34-37-41(35-23)17-9-16(10-17)38(2)3/h4-8,11-13,15-17,27H,9-10,14H2,1-3H3,(H,33,42). The van der Waals surface area contributed by atoms with E-state index in [-0.39, 0.29) is 46.6 Å². The van der Waals surface area contributed by atoms with Crippen LogP contribution in [0.5, 0.6) is 11.5 Å². The van der Waals surface area contributed by atoms with E-state index < -0.39 is 18.9 Å². The first-order valence-corrected chi connectivity index (χ1v) is 13.7. The van der Waals surface area contributed by atoms with Gasteiger partial charge < -0.3 is 19.7 Å². The number of halogens is 3. The average Bonchev–Trinajstić information content (AvgIpc) is 3.67. The van der Waals surface area contributed by atoms with Gasteiger partial charge in [0.05, 0.1) is 23.5 Å². The summed E-state index contributed by atoms with van der Waals surface area (Å²) in [7, 11) is 4.05. The molecule has 1 aromatic carbocycles. The fourth-order valence-corrected chi connectivity index (χ4v) is 4.91. The van der Waals surface area contributed by atoms with Crippen molar-refractivity contribution in [2.24, 2.45) is 0 Å². The summed E-state index contributed by atoms with van der Waals surface area (Å²) in [5.41, 5.74) is 0.682. The molecule has 0 spiro atoms. The molecule has 1 N–H and O–H groups in total. The number of nitrogens with one attached hydrogen (secondary N) is 1. The highest BCUT2D eigenvalue weighted by Crippen LogP contribution is 2.38. The Kier molecular flexibility index (Phi) is 7.86. The lowest BCUT2D eigenvalue weighted by Gasteiger charge is -2.38. The van der Waals surface area contributed by atoms with Crippen molar-refractivity contribution < 1.29 is 27.4 Å². The Hall–Kier alpha value is -5.06. The van der Waals surface area contributed by atoms with E-state index in [2.05, 4.69) is 40.8 Å². The van der Waals surface area contributed by atoms with Gasteiger partial charge in [0.25, 0.3) is 5.91 Å². The molecule has 1 aliphatic rings. The molecule has 1 atom stereocenters. The Bertz CT molecular complexity index is 1780. The summed E-state index contributed by atoms with van der Waals surface area (Å²) in [6, 6.07) is 6.05. The SMILES string of the molecule is CC(F)Oc1ccc(OC(F)F)c(-c2nn(Cc3nnn(C4CC(N(C)C)C4)n3)cc2NC(=O)c2cnn3cccnc23)c1. The molecule has 4 heterocycles. The lowest BCUT2D eigenvalue weighted by Crippen LogP contribution is -2.42. The van der Waals surface area contributed by atoms with Gasteiger partial charge in [0.15, 0.2) is 11.5 Å². The number of nitrogens with zero attached hydrogens (tertiary/aromatic N) is 10. The maximum Gasteiger partial charge on any atom is 0.387 e. The van der Waals surface area contributed by atoms with Crippen LogP contribution in [0.1, 0.15) is 42.0 Å². The first kappa shape index (κ1) is 29.0. The monoisotopic (exact) mass is 611 g/mol. The Balaban J connectivity index is 1.35. The van der Waals surface area contributed by atoms with Crippen molar-refractivity contribution in [1.29, 1.82) is 0 Å². The quantitative estimate of drug-likeness (QED) is 0.236. The van der Waals surface area contributed by atoms with Crippen LogP contribution in [-0.4, -0.2) is 88.5 Å². The highest BCUT2D eigenvalue weighted by Gasteiger charge is 2.33. The molecule has 17 heteroatoms. The first-order chi connectivity index (χ1) is 21.1. The second-order valence-electron chi connectivity index (χ2n) is 10.5. The van der Waals surface area contributed by atoms with E-state index in [4.69, 9.17) is 9.47 Å². The molecule has 0 bridgehead atoms. The van der Waals surface area contributed by atoms with Crippen LogP contribution in [0.3, 0.4) is 0 Å². The molecule has 230 valence electrons. The average molecular weight is 612 g/mol. The number of tetrazole rings is 1. The summed E-state index contributed by atoms with van der Waals surface area (Å²) >= 11 is 0. The van der Waals surface area contributed by atoms with E-state index in [0.29, 0.717) is 17.5 Å². The van der Waals surface area contributed by atoms with Gasteiger partial charge in [-0.25, -0.2) is 13.9 Å². The zero-order chi connectivity index (χ0) is 31.0. The zero-order valence-corrected chi connectivity index (χ0v) is 23.9. The Labute approximate surface area is 248 Å². The molecule has 0 radical (unpaired) electrons. The van der Waals surface area contributed by atoms with Crippen LogP contribution < -0.4 is 14.8 Å². The largest absolute Gasteiger partial charge is 0.461 e. The van der Waals surface area contributed by atoms with E-state index in [0.717, 1.165) is 12.8 Å². The van der Waals surface area contributed by atoms with Crippen molar-refractivity contribution in [3.8, 4) is 22.8 Å². The van der Waals surface area contributed by atoms with Crippen molar-refractivity contribution in [3.63, 3.8) is 0 Å². The maximum atomic E-state index is 13.7. The highest BCUT2D eigenvalue weighted by atomic mass is 19.3. The van der Waals surface area contributed by atoms with Crippen LogP contribution in [0.4, 0.5) is 18.9 Å². The minimum absolute atomic E-state index is 0.0243. The van der Waals surface area contributed by atoms with Gasteiger partial charge in [0.2, 0.25) is 6.36 Å². The lowest BCUT2D eigenvalue weighted by atomic mass is 9.86. The molecule has 1 amide bonds. The molecular weight excluding hydrogens is 583 g/mol. The Morgan fingerprint density at radius 2 is 2.00 bits per heavy atom. The fourth-order valence-electron chi connectivity index (χ4n) is 4.91. The summed E-state index contributed by atoms with van der Waals surface area (Å²) in [5, 5.41) is 24.3. The van der Waals surface area contributed by atoms with Gasteiger partial charge in [0, 0.05) is 31.6 Å². The van der Waals surface area contributed by atoms with Gasteiger partial charge in [-0.15, -0.1) is 10.2 Å². The number of benzene rings is 1. The molecule has 1 unspecified atom stereocenters. The molecule has 1 fully saturated rings. The molecule has 1 saturated carbocycles. The Morgan fingerprint density at radius 1 is 1.18 bits per heavy atom. The minimum atomic E-state index is -3.16. The van der Waals surface area contributed by atoms with Gasteiger partial charge in [0.1, 0.15) is 29.3 Å². The first-order valence-electron chi connectivity index (χ1n) is 13.7. The van der Waals surface area contributed by atoms with E-state index in [1.807, 2.05) is 14.1 Å². The van der Waals surface area contributed by atoms with Crippen molar-refractivity contribution in [2.45, 2.75) is 51.4 Å². The second-order valence-corrected chi connectivity index (χ2v) is 10.5. The van der Waals surface area contributed by atoms with E-state index >= 15 is 0 Å². The van der Waals surface area contributed by atoms with Crippen LogP contribution in [0.2, 0.25) is 0 Å². The van der Waals surface area contributed by atoms with E-state index in [9.17, 15) is 18.0 Å². The maximum absolute atomic E-state index is 13.7. The molecule has 6 rings (SSSR count). The summed E-state index contributed by atoms with van der Waals surface area (Å²) < 4.78 is 53.2. The van der Waals surface area contributed by atoms with Crippen LogP contribution in [0, 0.1) is 0 Å². The fraction of sp³-hybridized carbons (Fsp3) is 0.370. The zero-order valence-electron chi connectivity index (χ0n) is 23.9. The van der Waals surface area contributed by atoms with Crippen LogP contribution in [-0.2, 0) is 6.54 Å². The number of carbonyl (C=O) groups excluding carboxylic acids is 1. The highest BCUT2D eigenvalue weighted by molar-refractivity contribution is 6.09. The van der Waals surface area contributed by atoms with Gasteiger partial charge in [-0.1, -0.05) is 0 Å². The number of fused-ring (bicyclic) bond motifs is 1. The van der Waals surface area contributed by atoms with Crippen molar-refractivity contribution in [3.05, 3.63) is 60.4 Å². The predicted octanol–water partition coefficient (Wildman–Crippen LogP) is 3.44. The second kappa shape index (κ2) is 11.9. The number of carbonyl (C=O) groups is 1. The summed E-state index contributed by atoms with van der Waals surface area (Å²) in [6.07, 6.45) is 6.12. The normalized spacial score (nSPS) is 17.2. The number of amides is 1. The molecule has 0 saturated heterocycles. The number of alkyl halides is 3. The third kappa shape index (κ3) is 6.03. The molecule has 0 aliphatic heterocycles. The van der Waals surface area contributed by atoms with Crippen LogP contribution >= 0.6 is 0 Å². The van der Waals surface area contributed by atoms with Gasteiger partial charge >= 0.3 is 6.61 Å². The van der Waals surface area contributed by atoms with Gasteiger partial charge in [-0.05, 0) is 56.4 Å². The van der Waals surface area contributed by atoms with Gasteiger partial charge in [-0.2, -0.15) is 23.8 Å². The molecule has 5 aromatic rings. The van der Waals surface area contributed by atoms with E-state index in [1.54, 1.807) is 17.1 Å². The van der Waals surface area contributed by atoms with Gasteiger partial charge in [-0.3, -0.25) is 9.48 Å². The summed E-state index contributed by atoms with van der Waals surface area (Å²) in [6.45, 7) is -1.94. The summed E-state index contributed by atoms with van der Waals surface area (Å²) in [4.78, 5) is 21.3. The topological polar surface area (TPSA) is 142 Å². The smallest absolute Gasteiger partial charge is 0.387 e. The molecule has 4 aromatic heterocycles. The number of hydrogen-bond donors (Lipinski definition) is 1. The number of ether oxygens (including phenoxy) is 2. The summed E-state index contributed by atoms with van der Waals surface area (Å²) in [5.74, 6) is -0.451. The minimum Gasteiger partial charge on any atom is -0.461 e. The number of aromatic nitrogens is 9. The van der Waals surface area contributed by atoms with E-state index in [1.165, 1.54) is 52.9 Å². The molecule has 44 heavy (non-hydrogen) atoms. The number of anilines is 1. The van der Waals surface area contributed by atoms with Crippen molar-refractivity contribution in [2.75, 3.05) is 19.4 Å².